The largest absolute Gasteiger partial charge is 0.398 e. The molecule has 82 valence electrons. The summed E-state index contributed by atoms with van der Waals surface area (Å²) in [5, 5.41) is 0.603. The minimum Gasteiger partial charge on any atom is -0.398 e. The summed E-state index contributed by atoms with van der Waals surface area (Å²) >= 11 is 5.99. The summed E-state index contributed by atoms with van der Waals surface area (Å²) in [6.07, 6.45) is 0. The molecule has 1 rings (SSSR count). The van der Waals surface area contributed by atoms with Crippen LogP contribution in [0.3, 0.4) is 0 Å². The molecule has 5 heteroatoms. The zero-order valence-corrected chi connectivity index (χ0v) is 9.29. The first-order valence-corrected chi connectivity index (χ1v) is 4.88. The zero-order chi connectivity index (χ0) is 11.4. The number of rotatable bonds is 4. The van der Waals surface area contributed by atoms with E-state index in [1.165, 1.54) is 0 Å². The van der Waals surface area contributed by atoms with Gasteiger partial charge in [0.2, 0.25) is 5.91 Å². The number of nitrogens with zero attached hydrogens (tertiary/aromatic N) is 1. The number of carbonyl (C=O) groups excluding carboxylic acids is 1. The fourth-order valence-electron chi connectivity index (χ4n) is 1.33. The smallest absolute Gasteiger partial charge is 0.231 e. The summed E-state index contributed by atoms with van der Waals surface area (Å²) in [6, 6.07) is 5.33. The molecule has 0 aromatic heterocycles. The van der Waals surface area contributed by atoms with Gasteiger partial charge in [0.25, 0.3) is 0 Å². The zero-order valence-electron chi connectivity index (χ0n) is 8.53. The Hall–Kier alpha value is -1.26. The molecule has 1 aromatic carbocycles. The van der Waals surface area contributed by atoms with Crippen molar-refractivity contribution in [2.24, 2.45) is 5.73 Å². The van der Waals surface area contributed by atoms with Crippen LogP contribution in [-0.4, -0.2) is 24.4 Å². The standard InChI is InChI=1S/C10H14ClN3O/c1-14(6-10(13)15)5-7-8(11)3-2-4-9(7)12/h2-4H,5-6,12H2,1H3,(H2,13,15). The molecule has 0 heterocycles. The van der Waals surface area contributed by atoms with Gasteiger partial charge >= 0.3 is 0 Å². The maximum Gasteiger partial charge on any atom is 0.231 e. The van der Waals surface area contributed by atoms with Gasteiger partial charge in [-0.05, 0) is 19.2 Å². The quantitative estimate of drug-likeness (QED) is 0.749. The van der Waals surface area contributed by atoms with Crippen LogP contribution in [0.2, 0.25) is 5.02 Å². The summed E-state index contributed by atoms with van der Waals surface area (Å²) in [7, 11) is 1.79. The van der Waals surface area contributed by atoms with Gasteiger partial charge in [0.1, 0.15) is 0 Å². The summed E-state index contributed by atoms with van der Waals surface area (Å²) in [6.45, 7) is 0.694. The summed E-state index contributed by atoms with van der Waals surface area (Å²) in [5.41, 5.74) is 12.3. The maximum absolute atomic E-state index is 10.7. The second-order valence-electron chi connectivity index (χ2n) is 3.45. The first-order chi connectivity index (χ1) is 7.00. The molecule has 0 bridgehead atoms. The number of halogens is 1. The van der Waals surface area contributed by atoms with Gasteiger partial charge in [0.15, 0.2) is 0 Å². The molecule has 0 aliphatic heterocycles. The normalized spacial score (nSPS) is 10.6. The van der Waals surface area contributed by atoms with E-state index in [0.29, 0.717) is 17.3 Å². The molecule has 0 aliphatic carbocycles. The van der Waals surface area contributed by atoms with Crippen molar-refractivity contribution in [3.8, 4) is 0 Å². The molecule has 4 nitrogen and oxygen atoms in total. The number of primary amides is 1. The van der Waals surface area contributed by atoms with E-state index >= 15 is 0 Å². The lowest BCUT2D eigenvalue weighted by atomic mass is 10.1. The summed E-state index contributed by atoms with van der Waals surface area (Å²) < 4.78 is 0. The molecule has 1 amide bonds. The van der Waals surface area contributed by atoms with Crippen LogP contribution in [0.5, 0.6) is 0 Å². The van der Waals surface area contributed by atoms with Crippen LogP contribution in [0.15, 0.2) is 18.2 Å². The van der Waals surface area contributed by atoms with E-state index in [1.807, 2.05) is 0 Å². The molecular formula is C10H14ClN3O. The van der Waals surface area contributed by atoms with E-state index in [9.17, 15) is 4.79 Å². The Balaban J connectivity index is 2.76. The van der Waals surface area contributed by atoms with Crippen molar-refractivity contribution in [3.63, 3.8) is 0 Å². The molecule has 0 atom stereocenters. The number of hydrogen-bond acceptors (Lipinski definition) is 3. The first-order valence-electron chi connectivity index (χ1n) is 4.50. The highest BCUT2D eigenvalue weighted by atomic mass is 35.5. The Morgan fingerprint density at radius 3 is 2.73 bits per heavy atom. The van der Waals surface area contributed by atoms with Crippen molar-refractivity contribution in [3.05, 3.63) is 28.8 Å². The Kier molecular flexibility index (Phi) is 3.94. The number of anilines is 1. The van der Waals surface area contributed by atoms with Gasteiger partial charge in [-0.2, -0.15) is 0 Å². The highest BCUT2D eigenvalue weighted by Crippen LogP contribution is 2.22. The molecular weight excluding hydrogens is 214 g/mol. The van der Waals surface area contributed by atoms with Crippen LogP contribution in [-0.2, 0) is 11.3 Å². The van der Waals surface area contributed by atoms with Crippen molar-refractivity contribution in [2.45, 2.75) is 6.54 Å². The van der Waals surface area contributed by atoms with Crippen LogP contribution < -0.4 is 11.5 Å². The fourth-order valence-corrected chi connectivity index (χ4v) is 1.58. The second-order valence-corrected chi connectivity index (χ2v) is 3.85. The molecule has 1 aromatic rings. The number of likely N-dealkylation sites (N-methyl/N-ethyl adjacent to an activating group) is 1. The van der Waals surface area contributed by atoms with E-state index in [2.05, 4.69) is 0 Å². The van der Waals surface area contributed by atoms with Crippen molar-refractivity contribution in [2.75, 3.05) is 19.3 Å². The fraction of sp³-hybridized carbons (Fsp3) is 0.300. The van der Waals surface area contributed by atoms with Crippen molar-refractivity contribution < 1.29 is 4.79 Å². The minimum absolute atomic E-state index is 0.185. The van der Waals surface area contributed by atoms with E-state index in [4.69, 9.17) is 23.1 Å². The predicted octanol–water partition coefficient (Wildman–Crippen LogP) is 0.839. The van der Waals surface area contributed by atoms with Crippen LogP contribution >= 0.6 is 11.6 Å². The van der Waals surface area contributed by atoms with Gasteiger partial charge in [-0.3, -0.25) is 9.69 Å². The molecule has 0 fully saturated rings. The highest BCUT2D eigenvalue weighted by molar-refractivity contribution is 6.31. The Bertz CT molecular complexity index is 347. The lowest BCUT2D eigenvalue weighted by Gasteiger charge is -2.16. The summed E-state index contributed by atoms with van der Waals surface area (Å²) in [4.78, 5) is 12.4. The average molecular weight is 228 g/mol. The molecule has 4 N–H and O–H groups in total. The third-order valence-electron chi connectivity index (χ3n) is 2.01. The number of hydrogen-bond donors (Lipinski definition) is 2. The van der Waals surface area contributed by atoms with Crippen LogP contribution in [0.1, 0.15) is 5.56 Å². The Labute approximate surface area is 93.8 Å². The summed E-state index contributed by atoms with van der Waals surface area (Å²) in [5.74, 6) is -0.372. The van der Waals surface area contributed by atoms with Crippen molar-refractivity contribution >= 4 is 23.2 Å². The molecule has 0 spiro atoms. The van der Waals surface area contributed by atoms with Crippen LogP contribution in [0.4, 0.5) is 5.69 Å². The van der Waals surface area contributed by atoms with Crippen molar-refractivity contribution in [1.82, 2.24) is 4.90 Å². The predicted molar refractivity (Wildman–Crippen MR) is 61.4 cm³/mol. The number of nitrogens with two attached hydrogens (primary N) is 2. The number of amides is 1. The third-order valence-corrected chi connectivity index (χ3v) is 2.36. The lowest BCUT2D eigenvalue weighted by molar-refractivity contribution is -0.118. The van der Waals surface area contributed by atoms with Crippen LogP contribution in [0, 0.1) is 0 Å². The lowest BCUT2D eigenvalue weighted by Crippen LogP contribution is -2.30. The number of nitrogen functional groups attached to an aromatic ring is 1. The van der Waals surface area contributed by atoms with Crippen LogP contribution in [0.25, 0.3) is 0 Å². The Morgan fingerprint density at radius 1 is 1.53 bits per heavy atom. The van der Waals surface area contributed by atoms with Gasteiger partial charge in [-0.15, -0.1) is 0 Å². The number of carbonyl (C=O) groups is 1. The molecule has 0 aliphatic rings. The van der Waals surface area contributed by atoms with E-state index in [1.54, 1.807) is 30.1 Å². The van der Waals surface area contributed by atoms with E-state index in [-0.39, 0.29) is 12.5 Å². The highest BCUT2D eigenvalue weighted by Gasteiger charge is 2.09. The van der Waals surface area contributed by atoms with Gasteiger partial charge in [0, 0.05) is 22.8 Å². The van der Waals surface area contributed by atoms with E-state index < -0.39 is 0 Å². The molecule has 0 unspecified atom stereocenters. The van der Waals surface area contributed by atoms with Gasteiger partial charge in [-0.1, -0.05) is 17.7 Å². The SMILES string of the molecule is CN(CC(N)=O)Cc1c(N)cccc1Cl. The number of benzene rings is 1. The second kappa shape index (κ2) is 5.00. The topological polar surface area (TPSA) is 72.3 Å². The van der Waals surface area contributed by atoms with E-state index in [0.717, 1.165) is 5.56 Å². The molecule has 0 radical (unpaired) electrons. The maximum atomic E-state index is 10.7. The minimum atomic E-state index is -0.372. The molecule has 0 saturated carbocycles. The molecule has 0 saturated heterocycles. The first kappa shape index (κ1) is 11.8. The monoisotopic (exact) mass is 227 g/mol. The van der Waals surface area contributed by atoms with Gasteiger partial charge < -0.3 is 11.5 Å². The average Bonchev–Trinajstić information content (AvgIpc) is 2.10. The van der Waals surface area contributed by atoms with Gasteiger partial charge in [-0.25, -0.2) is 0 Å². The molecule has 15 heavy (non-hydrogen) atoms. The third kappa shape index (κ3) is 3.42. The van der Waals surface area contributed by atoms with Crippen molar-refractivity contribution in [1.29, 1.82) is 0 Å². The van der Waals surface area contributed by atoms with Gasteiger partial charge in [0.05, 0.1) is 6.54 Å². The Morgan fingerprint density at radius 2 is 2.20 bits per heavy atom.